The number of hydrogen-bond donors (Lipinski definition) is 1. The number of rotatable bonds is 3. The van der Waals surface area contributed by atoms with Crippen LogP contribution in [0.3, 0.4) is 0 Å². The number of carbonyl (C=O) groups is 1. The van der Waals surface area contributed by atoms with Crippen LogP contribution in [0, 0.1) is 5.92 Å². The van der Waals surface area contributed by atoms with Crippen LogP contribution >= 0.6 is 11.3 Å². The fourth-order valence-corrected chi connectivity index (χ4v) is 6.54. The fraction of sp³-hybridized carbons (Fsp3) is 0.259. The Bertz CT molecular complexity index is 1420. The molecule has 2 atom stereocenters. The first-order valence-corrected chi connectivity index (χ1v) is 12.3. The van der Waals surface area contributed by atoms with Crippen molar-refractivity contribution in [3.8, 4) is 16.2 Å². The van der Waals surface area contributed by atoms with Gasteiger partial charge in [-0.2, -0.15) is 0 Å². The molecule has 0 unspecified atom stereocenters. The van der Waals surface area contributed by atoms with E-state index >= 15 is 0 Å². The number of pyridine rings is 1. The third-order valence-corrected chi connectivity index (χ3v) is 8.07. The summed E-state index contributed by atoms with van der Waals surface area (Å²) < 4.78 is 8.57. The SMILES string of the molecule is COc1ccccc1NC(=O)N1C[C@H]2C[C@H](C1)c1c(-c3cc4ccccc4s3)ccc(=O)n1C2. The zero-order valence-electron chi connectivity index (χ0n) is 18.9. The molecule has 0 aliphatic carbocycles. The number of carbonyl (C=O) groups excluding carboxylic acids is 1. The second-order valence-corrected chi connectivity index (χ2v) is 10.1. The molecule has 0 saturated carbocycles. The van der Waals surface area contributed by atoms with E-state index in [2.05, 4.69) is 29.6 Å². The number of nitrogens with zero attached hydrogens (tertiary/aromatic N) is 2. The number of methoxy groups -OCH3 is 1. The van der Waals surface area contributed by atoms with Crippen LogP contribution in [-0.4, -0.2) is 35.7 Å². The van der Waals surface area contributed by atoms with Gasteiger partial charge in [-0.05, 0) is 48.1 Å². The monoisotopic (exact) mass is 471 g/mol. The van der Waals surface area contributed by atoms with Crippen LogP contribution < -0.4 is 15.6 Å². The summed E-state index contributed by atoms with van der Waals surface area (Å²) in [6.07, 6.45) is 0.986. The van der Waals surface area contributed by atoms with Crippen molar-refractivity contribution in [1.82, 2.24) is 9.47 Å². The quantitative estimate of drug-likeness (QED) is 0.436. The second-order valence-electron chi connectivity index (χ2n) is 9.06. The molecule has 4 heterocycles. The molecular formula is C27H25N3O3S. The Balaban J connectivity index is 1.34. The molecule has 34 heavy (non-hydrogen) atoms. The van der Waals surface area contributed by atoms with Gasteiger partial charge in [0.25, 0.3) is 5.56 Å². The summed E-state index contributed by atoms with van der Waals surface area (Å²) in [7, 11) is 1.60. The van der Waals surface area contributed by atoms with E-state index in [-0.39, 0.29) is 23.4 Å². The lowest BCUT2D eigenvalue weighted by molar-refractivity contribution is 0.140. The number of likely N-dealkylation sites (tertiary alicyclic amines) is 1. The first-order chi connectivity index (χ1) is 16.6. The molecule has 2 amide bonds. The highest BCUT2D eigenvalue weighted by Gasteiger charge is 2.38. The molecule has 0 radical (unpaired) electrons. The molecule has 6 nitrogen and oxygen atoms in total. The summed E-state index contributed by atoms with van der Waals surface area (Å²) in [5.41, 5.74) is 2.87. The van der Waals surface area contributed by atoms with E-state index in [1.54, 1.807) is 24.5 Å². The maximum atomic E-state index is 13.2. The summed E-state index contributed by atoms with van der Waals surface area (Å²) in [5, 5.41) is 4.23. The molecule has 2 aliphatic heterocycles. The van der Waals surface area contributed by atoms with E-state index in [1.165, 1.54) is 15.0 Å². The molecule has 172 valence electrons. The fourth-order valence-electron chi connectivity index (χ4n) is 5.45. The van der Waals surface area contributed by atoms with Gasteiger partial charge in [0.05, 0.1) is 12.8 Å². The summed E-state index contributed by atoms with van der Waals surface area (Å²) in [6.45, 7) is 1.86. The zero-order chi connectivity index (χ0) is 23.2. The van der Waals surface area contributed by atoms with Crippen LogP contribution in [0.4, 0.5) is 10.5 Å². The van der Waals surface area contributed by atoms with Gasteiger partial charge in [-0.1, -0.05) is 30.3 Å². The topological polar surface area (TPSA) is 63.6 Å². The molecule has 2 aromatic carbocycles. The average molecular weight is 472 g/mol. The molecule has 6 rings (SSSR count). The molecule has 2 aromatic heterocycles. The highest BCUT2D eigenvalue weighted by Crippen LogP contribution is 2.43. The van der Waals surface area contributed by atoms with E-state index in [1.807, 2.05) is 45.9 Å². The van der Waals surface area contributed by atoms with Crippen molar-refractivity contribution < 1.29 is 9.53 Å². The number of hydrogen-bond acceptors (Lipinski definition) is 4. The minimum atomic E-state index is -0.130. The number of thiophene rings is 1. The minimum Gasteiger partial charge on any atom is -0.495 e. The Kier molecular flexibility index (Phi) is 5.14. The lowest BCUT2D eigenvalue weighted by atomic mass is 9.81. The van der Waals surface area contributed by atoms with Crippen molar-refractivity contribution >= 4 is 33.1 Å². The van der Waals surface area contributed by atoms with Gasteiger partial charge in [-0.3, -0.25) is 4.79 Å². The first-order valence-electron chi connectivity index (χ1n) is 11.5. The van der Waals surface area contributed by atoms with Crippen molar-refractivity contribution in [1.29, 1.82) is 0 Å². The number of urea groups is 1. The third-order valence-electron chi connectivity index (χ3n) is 6.92. The third kappa shape index (κ3) is 3.56. The summed E-state index contributed by atoms with van der Waals surface area (Å²) in [6, 6.07) is 21.5. The number of nitrogens with one attached hydrogen (secondary N) is 1. The first kappa shape index (κ1) is 21.0. The smallest absolute Gasteiger partial charge is 0.321 e. The van der Waals surface area contributed by atoms with Crippen LogP contribution in [0.2, 0.25) is 0 Å². The van der Waals surface area contributed by atoms with Crippen molar-refractivity contribution in [3.05, 3.63) is 82.8 Å². The van der Waals surface area contributed by atoms with Gasteiger partial charge < -0.3 is 19.5 Å². The molecule has 1 N–H and O–H groups in total. The molecular weight excluding hydrogens is 446 g/mol. The van der Waals surface area contributed by atoms with E-state index in [4.69, 9.17) is 4.74 Å². The van der Waals surface area contributed by atoms with Gasteiger partial charge in [-0.15, -0.1) is 11.3 Å². The van der Waals surface area contributed by atoms with E-state index in [0.29, 0.717) is 31.1 Å². The van der Waals surface area contributed by atoms with Crippen LogP contribution in [0.25, 0.3) is 20.5 Å². The number of fused-ring (bicyclic) bond motifs is 5. The normalized spacial score (nSPS) is 19.0. The van der Waals surface area contributed by atoms with E-state index < -0.39 is 0 Å². The van der Waals surface area contributed by atoms with Gasteiger partial charge in [0.15, 0.2) is 0 Å². The lowest BCUT2D eigenvalue weighted by Crippen LogP contribution is -2.50. The Morgan fingerprint density at radius 2 is 1.85 bits per heavy atom. The van der Waals surface area contributed by atoms with Gasteiger partial charge in [-0.25, -0.2) is 4.79 Å². The predicted octanol–water partition coefficient (Wildman–Crippen LogP) is 5.39. The van der Waals surface area contributed by atoms with Crippen LogP contribution in [-0.2, 0) is 6.54 Å². The number of ether oxygens (including phenoxy) is 1. The maximum absolute atomic E-state index is 13.2. The van der Waals surface area contributed by atoms with E-state index in [0.717, 1.165) is 17.7 Å². The summed E-state index contributed by atoms with van der Waals surface area (Å²) >= 11 is 1.75. The summed E-state index contributed by atoms with van der Waals surface area (Å²) in [4.78, 5) is 29.1. The van der Waals surface area contributed by atoms with Gasteiger partial charge in [0, 0.05) is 52.5 Å². The van der Waals surface area contributed by atoms with E-state index in [9.17, 15) is 9.59 Å². The highest BCUT2D eigenvalue weighted by molar-refractivity contribution is 7.22. The van der Waals surface area contributed by atoms with Crippen molar-refractivity contribution in [3.63, 3.8) is 0 Å². The molecule has 1 saturated heterocycles. The van der Waals surface area contributed by atoms with Gasteiger partial charge in [0.2, 0.25) is 0 Å². The molecule has 7 heteroatoms. The number of para-hydroxylation sites is 2. The van der Waals surface area contributed by atoms with Crippen LogP contribution in [0.5, 0.6) is 5.75 Å². The molecule has 1 fully saturated rings. The van der Waals surface area contributed by atoms with Crippen LogP contribution in [0.1, 0.15) is 18.0 Å². The Morgan fingerprint density at radius 1 is 1.03 bits per heavy atom. The summed E-state index contributed by atoms with van der Waals surface area (Å²) in [5.74, 6) is 1.01. The molecule has 0 spiro atoms. The van der Waals surface area contributed by atoms with Gasteiger partial charge in [0.1, 0.15) is 5.75 Å². The van der Waals surface area contributed by atoms with Crippen LogP contribution in [0.15, 0.2) is 71.5 Å². The number of anilines is 1. The average Bonchev–Trinajstić information content (AvgIpc) is 3.29. The maximum Gasteiger partial charge on any atom is 0.321 e. The van der Waals surface area contributed by atoms with Crippen molar-refractivity contribution in [2.45, 2.75) is 18.9 Å². The standard InChI is InChI=1S/C27H25N3O3S/c1-33-22-8-4-3-7-21(22)28-27(32)29-14-17-12-19(16-29)26-20(10-11-25(31)30(26)15-17)24-13-18-6-2-5-9-23(18)34-24/h2-11,13,17,19H,12,14-16H2,1H3,(H,28,32)/t17-,19-/m1/s1. The lowest BCUT2D eigenvalue weighted by Gasteiger charge is -2.43. The van der Waals surface area contributed by atoms with Crippen molar-refractivity contribution in [2.24, 2.45) is 5.92 Å². The number of piperidine rings is 1. The van der Waals surface area contributed by atoms with Crippen molar-refractivity contribution in [2.75, 3.05) is 25.5 Å². The number of aromatic nitrogens is 1. The number of amides is 2. The Hall–Kier alpha value is -3.58. The minimum absolute atomic E-state index is 0.0430. The number of benzene rings is 2. The predicted molar refractivity (Wildman–Crippen MR) is 136 cm³/mol. The largest absolute Gasteiger partial charge is 0.495 e. The molecule has 2 aliphatic rings. The molecule has 2 bridgehead atoms. The second kappa shape index (κ2) is 8.33. The Morgan fingerprint density at radius 3 is 2.71 bits per heavy atom. The highest BCUT2D eigenvalue weighted by atomic mass is 32.1. The Labute approximate surface area is 201 Å². The van der Waals surface area contributed by atoms with Gasteiger partial charge >= 0.3 is 6.03 Å². The zero-order valence-corrected chi connectivity index (χ0v) is 19.7. The molecule has 4 aromatic rings.